The Morgan fingerprint density at radius 1 is 1.13 bits per heavy atom. The van der Waals surface area contributed by atoms with Gasteiger partial charge in [-0.05, 0) is 61.4 Å². The molecule has 2 fully saturated rings. The standard InChI is InChI=1S/C33H39F3N8O3/c1-6-27(46)41-30-25(11-10-23(29(30)22-8-7-9-22)18-43-12-13-44(21(4)45)17-20(43)3)39-31-24(33(34,35)36)16-38-32(42-31)40-26-14-28(47-5)37-15-19(26)2/h6,10-11,14-16,20,22H,1,7-9,12-13,17-18H2,2-5H3,(H,41,46)(H2,37,38,39,40,42)/t20-/m1/s1. The Labute approximate surface area is 271 Å². The zero-order valence-electron chi connectivity index (χ0n) is 26.9. The molecule has 11 nitrogen and oxygen atoms in total. The highest BCUT2D eigenvalue weighted by atomic mass is 19.4. The van der Waals surface area contributed by atoms with Gasteiger partial charge in [-0.3, -0.25) is 14.5 Å². The summed E-state index contributed by atoms with van der Waals surface area (Å²) >= 11 is 0. The Morgan fingerprint density at radius 2 is 1.89 bits per heavy atom. The predicted molar refractivity (Wildman–Crippen MR) is 173 cm³/mol. The van der Waals surface area contributed by atoms with Crippen LogP contribution in [0.3, 0.4) is 0 Å². The van der Waals surface area contributed by atoms with Crippen molar-refractivity contribution in [1.82, 2.24) is 24.8 Å². The van der Waals surface area contributed by atoms with Gasteiger partial charge in [-0.25, -0.2) is 9.97 Å². The van der Waals surface area contributed by atoms with E-state index in [9.17, 15) is 22.8 Å². The molecular weight excluding hydrogens is 613 g/mol. The number of nitrogens with one attached hydrogen (secondary N) is 3. The Morgan fingerprint density at radius 3 is 2.51 bits per heavy atom. The molecule has 0 unspecified atom stereocenters. The maximum Gasteiger partial charge on any atom is 0.421 e. The van der Waals surface area contributed by atoms with E-state index < -0.39 is 23.5 Å². The molecule has 2 amide bonds. The summed E-state index contributed by atoms with van der Waals surface area (Å²) in [4.78, 5) is 41.1. The fourth-order valence-electron chi connectivity index (χ4n) is 5.86. The van der Waals surface area contributed by atoms with Crippen molar-refractivity contribution in [2.24, 2.45) is 0 Å². The molecule has 3 aromatic rings. The van der Waals surface area contributed by atoms with Crippen LogP contribution in [0.2, 0.25) is 0 Å². The van der Waals surface area contributed by atoms with E-state index in [-0.39, 0.29) is 29.5 Å². The molecule has 1 saturated carbocycles. The highest BCUT2D eigenvalue weighted by Crippen LogP contribution is 2.46. The van der Waals surface area contributed by atoms with Gasteiger partial charge in [-0.2, -0.15) is 18.2 Å². The normalized spacial score (nSPS) is 17.1. The van der Waals surface area contributed by atoms with Crippen LogP contribution in [0.1, 0.15) is 61.3 Å². The average Bonchev–Trinajstić information content (AvgIpc) is 3.00. The van der Waals surface area contributed by atoms with E-state index in [1.54, 1.807) is 32.2 Å². The lowest BCUT2D eigenvalue weighted by Crippen LogP contribution is -2.52. The van der Waals surface area contributed by atoms with E-state index in [1.807, 2.05) is 11.0 Å². The van der Waals surface area contributed by atoms with Crippen LogP contribution in [-0.4, -0.2) is 69.4 Å². The fourth-order valence-corrected chi connectivity index (χ4v) is 5.86. The van der Waals surface area contributed by atoms with Gasteiger partial charge >= 0.3 is 6.18 Å². The van der Waals surface area contributed by atoms with Gasteiger partial charge in [0.25, 0.3) is 0 Å². The number of alkyl halides is 3. The Kier molecular flexibility index (Phi) is 9.99. The molecule has 2 aliphatic rings. The Hall–Kier alpha value is -4.72. The second-order valence-corrected chi connectivity index (χ2v) is 11.9. The number of methoxy groups -OCH3 is 1. The number of aromatic nitrogens is 3. The van der Waals surface area contributed by atoms with Crippen molar-refractivity contribution in [3.8, 4) is 5.88 Å². The molecule has 47 heavy (non-hydrogen) atoms. The number of benzene rings is 1. The molecule has 1 aliphatic heterocycles. The lowest BCUT2D eigenvalue weighted by Gasteiger charge is -2.40. The van der Waals surface area contributed by atoms with Crippen LogP contribution in [0.15, 0.2) is 43.2 Å². The van der Waals surface area contributed by atoms with E-state index in [0.29, 0.717) is 49.0 Å². The molecule has 0 bridgehead atoms. The van der Waals surface area contributed by atoms with Crippen LogP contribution in [-0.2, 0) is 22.3 Å². The van der Waals surface area contributed by atoms with Crippen LogP contribution in [0.5, 0.6) is 5.88 Å². The molecule has 5 rings (SSSR count). The average molecular weight is 653 g/mol. The van der Waals surface area contributed by atoms with Gasteiger partial charge in [0.2, 0.25) is 23.6 Å². The van der Waals surface area contributed by atoms with E-state index in [0.717, 1.165) is 42.7 Å². The SMILES string of the molecule is C=CC(=O)Nc1c(Nc2nc(Nc3cc(OC)ncc3C)ncc2C(F)(F)F)ccc(CN2CCN(C(C)=O)C[C@H]2C)c1C1CCC1. The fraction of sp³-hybridized carbons (Fsp3) is 0.424. The molecule has 2 aromatic heterocycles. The molecule has 0 radical (unpaired) electrons. The van der Waals surface area contributed by atoms with Crippen LogP contribution < -0.4 is 20.7 Å². The van der Waals surface area contributed by atoms with E-state index >= 15 is 0 Å². The van der Waals surface area contributed by atoms with E-state index in [2.05, 4.69) is 49.3 Å². The van der Waals surface area contributed by atoms with Gasteiger partial charge in [-0.1, -0.05) is 19.1 Å². The summed E-state index contributed by atoms with van der Waals surface area (Å²) in [5, 5.41) is 8.74. The summed E-state index contributed by atoms with van der Waals surface area (Å²) in [6, 6.07) is 5.25. The number of hydrogen-bond acceptors (Lipinski definition) is 9. The van der Waals surface area contributed by atoms with Gasteiger partial charge < -0.3 is 25.6 Å². The quantitative estimate of drug-likeness (QED) is 0.222. The second kappa shape index (κ2) is 14.0. The molecule has 3 heterocycles. The van der Waals surface area contributed by atoms with E-state index in [4.69, 9.17) is 4.74 Å². The first-order chi connectivity index (χ1) is 22.4. The van der Waals surface area contributed by atoms with Crippen molar-refractivity contribution in [3.63, 3.8) is 0 Å². The van der Waals surface area contributed by atoms with Gasteiger partial charge in [0.15, 0.2) is 0 Å². The summed E-state index contributed by atoms with van der Waals surface area (Å²) in [5.41, 5.74) is 2.64. The second-order valence-electron chi connectivity index (χ2n) is 11.9. The lowest BCUT2D eigenvalue weighted by atomic mass is 9.77. The van der Waals surface area contributed by atoms with Gasteiger partial charge in [0.05, 0.1) is 24.2 Å². The molecule has 1 saturated heterocycles. The largest absolute Gasteiger partial charge is 0.481 e. The number of carbonyl (C=O) groups is 2. The first-order valence-corrected chi connectivity index (χ1v) is 15.5. The molecule has 250 valence electrons. The Bertz CT molecular complexity index is 1660. The number of pyridine rings is 1. The highest BCUT2D eigenvalue weighted by Gasteiger charge is 2.36. The zero-order valence-corrected chi connectivity index (χ0v) is 26.9. The third-order valence-electron chi connectivity index (χ3n) is 8.75. The summed E-state index contributed by atoms with van der Waals surface area (Å²) in [6.07, 6.45) is 1.40. The van der Waals surface area contributed by atoms with Crippen molar-refractivity contribution in [3.05, 3.63) is 65.5 Å². The lowest BCUT2D eigenvalue weighted by molar-refractivity contribution is -0.137. The number of carbonyl (C=O) groups excluding carboxylic acids is 2. The number of amides is 2. The number of aryl methyl sites for hydroxylation is 1. The minimum Gasteiger partial charge on any atom is -0.481 e. The van der Waals surface area contributed by atoms with Crippen molar-refractivity contribution < 1.29 is 27.5 Å². The number of anilines is 5. The van der Waals surface area contributed by atoms with Crippen molar-refractivity contribution in [2.75, 3.05) is 42.7 Å². The number of ether oxygens (including phenoxy) is 1. The first-order valence-electron chi connectivity index (χ1n) is 15.5. The zero-order chi connectivity index (χ0) is 33.9. The topological polar surface area (TPSA) is 125 Å². The van der Waals surface area contributed by atoms with Crippen LogP contribution in [0.25, 0.3) is 0 Å². The van der Waals surface area contributed by atoms with Crippen molar-refractivity contribution in [1.29, 1.82) is 0 Å². The molecule has 14 heteroatoms. The number of halogens is 3. The minimum atomic E-state index is -4.77. The number of rotatable bonds is 10. The van der Waals surface area contributed by atoms with Gasteiger partial charge in [0.1, 0.15) is 11.4 Å². The maximum absolute atomic E-state index is 14.3. The van der Waals surface area contributed by atoms with Crippen molar-refractivity contribution >= 4 is 40.6 Å². The predicted octanol–water partition coefficient (Wildman–Crippen LogP) is 6.14. The molecule has 3 N–H and O–H groups in total. The Balaban J connectivity index is 1.55. The molecule has 1 atom stereocenters. The number of nitrogens with zero attached hydrogens (tertiary/aromatic N) is 5. The van der Waals surface area contributed by atoms with Crippen LogP contribution in [0.4, 0.5) is 42.0 Å². The summed E-state index contributed by atoms with van der Waals surface area (Å²) in [5.74, 6) is -0.599. The smallest absolute Gasteiger partial charge is 0.421 e. The first kappa shape index (κ1) is 33.6. The third kappa shape index (κ3) is 7.64. The summed E-state index contributed by atoms with van der Waals surface area (Å²) < 4.78 is 48.0. The minimum absolute atomic E-state index is 0.0356. The van der Waals surface area contributed by atoms with Gasteiger partial charge in [0, 0.05) is 57.6 Å². The van der Waals surface area contributed by atoms with Crippen molar-refractivity contribution in [2.45, 2.75) is 64.7 Å². The molecule has 1 aliphatic carbocycles. The summed E-state index contributed by atoms with van der Waals surface area (Å²) in [6.45, 7) is 11.4. The maximum atomic E-state index is 14.3. The third-order valence-corrected chi connectivity index (χ3v) is 8.75. The number of hydrogen-bond donors (Lipinski definition) is 3. The summed E-state index contributed by atoms with van der Waals surface area (Å²) in [7, 11) is 1.46. The monoisotopic (exact) mass is 652 g/mol. The molecular formula is C33H39F3N8O3. The van der Waals surface area contributed by atoms with E-state index in [1.165, 1.54) is 7.11 Å². The molecule has 0 spiro atoms. The van der Waals surface area contributed by atoms with Crippen LogP contribution >= 0.6 is 0 Å². The number of piperazine rings is 1. The molecule has 1 aromatic carbocycles. The highest BCUT2D eigenvalue weighted by molar-refractivity contribution is 6.02. The van der Waals surface area contributed by atoms with Crippen LogP contribution in [0, 0.1) is 6.92 Å². The van der Waals surface area contributed by atoms with Gasteiger partial charge in [-0.15, -0.1) is 0 Å².